The molecular weight excluding hydrogens is 305 g/mol. The maximum Gasteiger partial charge on any atom is 0.118 e. The molecule has 21 heavy (non-hydrogen) atoms. The average Bonchev–Trinajstić information content (AvgIpc) is 2.50. The number of nitriles is 1. The molecule has 0 aliphatic carbocycles. The maximum absolute atomic E-state index is 9.37. The Kier molecular flexibility index (Phi) is 5.50. The van der Waals surface area contributed by atoms with Gasteiger partial charge in [-0.3, -0.25) is 0 Å². The molecule has 0 radical (unpaired) electrons. The fourth-order valence-corrected chi connectivity index (χ4v) is 2.72. The fraction of sp³-hybridized carbons (Fsp3) is 0.235. The molecule has 2 rings (SSSR count). The lowest BCUT2D eigenvalue weighted by atomic mass is 9.93. The van der Waals surface area contributed by atoms with Crippen molar-refractivity contribution in [3.63, 3.8) is 0 Å². The summed E-state index contributed by atoms with van der Waals surface area (Å²) in [4.78, 5) is 0. The van der Waals surface area contributed by atoms with E-state index in [4.69, 9.17) is 27.9 Å². The number of aryl methyl sites for hydroxylation is 1. The van der Waals surface area contributed by atoms with Crippen LogP contribution in [0.5, 0.6) is 5.75 Å². The summed E-state index contributed by atoms with van der Waals surface area (Å²) in [6.07, 6.45) is 1.52. The summed E-state index contributed by atoms with van der Waals surface area (Å²) in [5.74, 6) is 0.591. The van der Waals surface area contributed by atoms with Gasteiger partial charge in [-0.2, -0.15) is 5.26 Å². The van der Waals surface area contributed by atoms with Crippen LogP contribution >= 0.6 is 23.2 Å². The standard InChI is InChI=1S/C17H15Cl2NO/c1-21-15-7-3-12(4-8-15)2-5-13(11-20)16-9-6-14(18)10-17(16)19/h3-4,6-10,13H,2,5H2,1H3/t13-/m0/s1. The fourth-order valence-electron chi connectivity index (χ4n) is 2.18. The molecule has 108 valence electrons. The monoisotopic (exact) mass is 319 g/mol. The lowest BCUT2D eigenvalue weighted by Gasteiger charge is -2.12. The first kappa shape index (κ1) is 15.7. The number of ether oxygens (including phenoxy) is 1. The van der Waals surface area contributed by atoms with E-state index in [1.165, 1.54) is 5.56 Å². The third kappa shape index (κ3) is 4.14. The zero-order valence-electron chi connectivity index (χ0n) is 11.6. The summed E-state index contributed by atoms with van der Waals surface area (Å²) < 4.78 is 5.13. The molecule has 0 aromatic heterocycles. The number of hydrogen-bond donors (Lipinski definition) is 0. The van der Waals surface area contributed by atoms with E-state index >= 15 is 0 Å². The molecule has 0 heterocycles. The number of rotatable bonds is 5. The zero-order chi connectivity index (χ0) is 15.2. The first-order chi connectivity index (χ1) is 10.1. The molecule has 2 aromatic rings. The van der Waals surface area contributed by atoms with Gasteiger partial charge < -0.3 is 4.74 Å². The van der Waals surface area contributed by atoms with Crippen molar-refractivity contribution >= 4 is 23.2 Å². The van der Waals surface area contributed by atoms with E-state index in [1.807, 2.05) is 30.3 Å². The van der Waals surface area contributed by atoms with Gasteiger partial charge in [-0.25, -0.2) is 0 Å². The minimum atomic E-state index is -0.239. The lowest BCUT2D eigenvalue weighted by molar-refractivity contribution is 0.414. The van der Waals surface area contributed by atoms with Crippen LogP contribution in [-0.2, 0) is 6.42 Å². The van der Waals surface area contributed by atoms with Crippen LogP contribution in [0, 0.1) is 11.3 Å². The highest BCUT2D eigenvalue weighted by molar-refractivity contribution is 6.35. The van der Waals surface area contributed by atoms with E-state index in [0.29, 0.717) is 16.5 Å². The van der Waals surface area contributed by atoms with Gasteiger partial charge in [0.1, 0.15) is 5.75 Å². The summed E-state index contributed by atoms with van der Waals surface area (Å²) in [5.41, 5.74) is 2.00. The maximum atomic E-state index is 9.37. The molecule has 0 bridgehead atoms. The first-order valence-corrected chi connectivity index (χ1v) is 7.37. The molecule has 0 fully saturated rings. The quantitative estimate of drug-likeness (QED) is 0.754. The molecule has 1 atom stereocenters. The van der Waals surface area contributed by atoms with Gasteiger partial charge in [0.2, 0.25) is 0 Å². The minimum absolute atomic E-state index is 0.239. The average molecular weight is 320 g/mol. The zero-order valence-corrected chi connectivity index (χ0v) is 13.2. The van der Waals surface area contributed by atoms with Crippen LogP contribution in [0.1, 0.15) is 23.5 Å². The normalized spacial score (nSPS) is 11.7. The Balaban J connectivity index is 2.07. The summed E-state index contributed by atoms with van der Waals surface area (Å²) in [5, 5.41) is 10.5. The highest BCUT2D eigenvalue weighted by Crippen LogP contribution is 2.30. The van der Waals surface area contributed by atoms with Crippen LogP contribution in [0.3, 0.4) is 0 Å². The number of hydrogen-bond acceptors (Lipinski definition) is 2. The van der Waals surface area contributed by atoms with Crippen LogP contribution in [-0.4, -0.2) is 7.11 Å². The molecule has 0 aliphatic rings. The number of nitrogens with zero attached hydrogens (tertiary/aromatic N) is 1. The number of halogens is 2. The highest BCUT2D eigenvalue weighted by atomic mass is 35.5. The van der Waals surface area contributed by atoms with Crippen molar-refractivity contribution in [2.24, 2.45) is 0 Å². The Morgan fingerprint density at radius 1 is 1.14 bits per heavy atom. The van der Waals surface area contributed by atoms with Crippen molar-refractivity contribution in [3.05, 3.63) is 63.6 Å². The molecule has 4 heteroatoms. The SMILES string of the molecule is COc1ccc(CC[C@@H](C#N)c2ccc(Cl)cc2Cl)cc1. The van der Waals surface area contributed by atoms with Gasteiger partial charge in [-0.15, -0.1) is 0 Å². The van der Waals surface area contributed by atoms with E-state index in [0.717, 1.165) is 17.7 Å². The van der Waals surface area contributed by atoms with Crippen LogP contribution in [0.4, 0.5) is 0 Å². The molecular formula is C17H15Cl2NO. The lowest BCUT2D eigenvalue weighted by Crippen LogP contribution is -1.99. The minimum Gasteiger partial charge on any atom is -0.497 e. The summed E-state index contributed by atoms with van der Waals surface area (Å²) in [7, 11) is 1.64. The predicted octanol–water partition coefficient (Wildman–Crippen LogP) is 5.24. The van der Waals surface area contributed by atoms with E-state index in [2.05, 4.69) is 6.07 Å². The van der Waals surface area contributed by atoms with Crippen LogP contribution in [0.25, 0.3) is 0 Å². The van der Waals surface area contributed by atoms with Gasteiger partial charge in [-0.1, -0.05) is 41.4 Å². The van der Waals surface area contributed by atoms with E-state index < -0.39 is 0 Å². The molecule has 0 spiro atoms. The van der Waals surface area contributed by atoms with Gasteiger partial charge in [0, 0.05) is 10.0 Å². The Morgan fingerprint density at radius 2 is 1.86 bits per heavy atom. The molecule has 0 N–H and O–H groups in total. The van der Waals surface area contributed by atoms with Gasteiger partial charge in [0.15, 0.2) is 0 Å². The predicted molar refractivity (Wildman–Crippen MR) is 86.1 cm³/mol. The molecule has 0 saturated carbocycles. The summed E-state index contributed by atoms with van der Waals surface area (Å²) in [6, 6.07) is 15.5. The second-order valence-corrected chi connectivity index (χ2v) is 5.58. The van der Waals surface area contributed by atoms with E-state index in [-0.39, 0.29) is 5.92 Å². The van der Waals surface area contributed by atoms with Crippen molar-refractivity contribution in [2.45, 2.75) is 18.8 Å². The van der Waals surface area contributed by atoms with Crippen molar-refractivity contribution in [1.29, 1.82) is 5.26 Å². The Labute approximate surface area is 134 Å². The van der Waals surface area contributed by atoms with Gasteiger partial charge in [0.05, 0.1) is 19.1 Å². The largest absolute Gasteiger partial charge is 0.497 e. The summed E-state index contributed by atoms with van der Waals surface area (Å²) in [6.45, 7) is 0. The Bertz CT molecular complexity index is 647. The molecule has 0 saturated heterocycles. The van der Waals surface area contributed by atoms with Crippen molar-refractivity contribution in [1.82, 2.24) is 0 Å². The molecule has 0 aliphatic heterocycles. The van der Waals surface area contributed by atoms with Crippen LogP contribution in [0.15, 0.2) is 42.5 Å². The second kappa shape index (κ2) is 7.36. The number of methoxy groups -OCH3 is 1. The van der Waals surface area contributed by atoms with Crippen LogP contribution in [0.2, 0.25) is 10.0 Å². The van der Waals surface area contributed by atoms with Crippen LogP contribution < -0.4 is 4.74 Å². The topological polar surface area (TPSA) is 33.0 Å². The van der Waals surface area contributed by atoms with Crippen molar-refractivity contribution < 1.29 is 4.74 Å². The van der Waals surface area contributed by atoms with Gasteiger partial charge in [-0.05, 0) is 48.2 Å². The van der Waals surface area contributed by atoms with Crippen molar-refractivity contribution in [3.8, 4) is 11.8 Å². The molecule has 0 amide bonds. The summed E-state index contributed by atoms with van der Waals surface area (Å²) >= 11 is 12.1. The molecule has 0 unspecified atom stereocenters. The van der Waals surface area contributed by atoms with E-state index in [1.54, 1.807) is 19.2 Å². The highest BCUT2D eigenvalue weighted by Gasteiger charge is 2.14. The molecule has 2 aromatic carbocycles. The smallest absolute Gasteiger partial charge is 0.118 e. The van der Waals surface area contributed by atoms with Crippen molar-refractivity contribution in [2.75, 3.05) is 7.11 Å². The molecule has 2 nitrogen and oxygen atoms in total. The second-order valence-electron chi connectivity index (χ2n) is 4.73. The first-order valence-electron chi connectivity index (χ1n) is 6.61. The third-order valence-electron chi connectivity index (χ3n) is 3.37. The Hall–Kier alpha value is -1.69. The number of benzene rings is 2. The van der Waals surface area contributed by atoms with Gasteiger partial charge in [0.25, 0.3) is 0 Å². The third-order valence-corrected chi connectivity index (χ3v) is 3.94. The Morgan fingerprint density at radius 3 is 2.43 bits per heavy atom. The van der Waals surface area contributed by atoms with E-state index in [9.17, 15) is 5.26 Å². The van der Waals surface area contributed by atoms with Gasteiger partial charge >= 0.3 is 0 Å².